The third-order valence-corrected chi connectivity index (χ3v) is 5.95. The molecule has 2 amide bonds. The van der Waals surface area contributed by atoms with E-state index in [0.717, 1.165) is 31.7 Å². The lowest BCUT2D eigenvalue weighted by Crippen LogP contribution is -2.48. The van der Waals surface area contributed by atoms with Crippen molar-refractivity contribution in [3.8, 4) is 0 Å². The van der Waals surface area contributed by atoms with Gasteiger partial charge in [-0.25, -0.2) is 0 Å². The van der Waals surface area contributed by atoms with Crippen LogP contribution in [0.4, 0.5) is 0 Å². The summed E-state index contributed by atoms with van der Waals surface area (Å²) in [7, 11) is 0. The molecule has 2 aliphatic rings. The van der Waals surface area contributed by atoms with Crippen molar-refractivity contribution in [2.45, 2.75) is 52.6 Å². The zero-order valence-corrected chi connectivity index (χ0v) is 16.0. The van der Waals surface area contributed by atoms with Gasteiger partial charge in [-0.2, -0.15) is 0 Å². The largest absolute Gasteiger partial charge is 0.369 e. The van der Waals surface area contributed by atoms with Gasteiger partial charge >= 0.3 is 0 Å². The molecule has 6 heteroatoms. The molecule has 3 rings (SSSR count). The number of primary amides is 1. The Labute approximate surface area is 155 Å². The zero-order chi connectivity index (χ0) is 18.9. The number of nitrogens with one attached hydrogen (secondary N) is 1. The van der Waals surface area contributed by atoms with Crippen LogP contribution in [0.1, 0.15) is 44.9 Å². The predicted octanol–water partition coefficient (Wildman–Crippen LogP) is 1.48. The summed E-state index contributed by atoms with van der Waals surface area (Å²) >= 11 is 0. The Kier molecular flexibility index (Phi) is 5.32. The van der Waals surface area contributed by atoms with Gasteiger partial charge in [0.15, 0.2) is 0 Å². The van der Waals surface area contributed by atoms with Gasteiger partial charge in [0, 0.05) is 31.9 Å². The molecule has 0 spiro atoms. The third kappa shape index (κ3) is 3.75. The van der Waals surface area contributed by atoms with Crippen molar-refractivity contribution in [1.29, 1.82) is 0 Å². The van der Waals surface area contributed by atoms with Gasteiger partial charge < -0.3 is 11.1 Å². The monoisotopic (exact) mass is 358 g/mol. The Morgan fingerprint density at radius 1 is 1.35 bits per heavy atom. The molecule has 1 aliphatic heterocycles. The lowest BCUT2D eigenvalue weighted by atomic mass is 9.90. The van der Waals surface area contributed by atoms with Crippen molar-refractivity contribution in [2.75, 3.05) is 13.1 Å². The standard InChI is InChI=1S/C20H30N4O2/c1-4-14-5-6-15(22-9-14)10-24-11-16(13(2)3)17(12-24)23-19(26)20(7-8-20)18(21)25/h5-6,9,13,16-17H,4,7-8,10-12H2,1-3H3,(H2,21,25)(H,23,26)/t16-,17+/m0/s1. The summed E-state index contributed by atoms with van der Waals surface area (Å²) in [6, 6.07) is 4.26. The maximum absolute atomic E-state index is 12.6. The molecule has 0 unspecified atom stereocenters. The van der Waals surface area contributed by atoms with E-state index in [9.17, 15) is 9.59 Å². The normalized spacial score (nSPS) is 24.6. The number of rotatable bonds is 7. The number of carbonyl (C=O) groups is 2. The molecule has 0 radical (unpaired) electrons. The Hall–Kier alpha value is -1.95. The van der Waals surface area contributed by atoms with Crippen molar-refractivity contribution in [2.24, 2.45) is 23.0 Å². The highest BCUT2D eigenvalue weighted by Gasteiger charge is 2.56. The predicted molar refractivity (Wildman–Crippen MR) is 100 cm³/mol. The number of hydrogen-bond acceptors (Lipinski definition) is 4. The summed E-state index contributed by atoms with van der Waals surface area (Å²) in [6.07, 6.45) is 4.08. The molecule has 2 atom stereocenters. The number of pyridine rings is 1. The molecule has 2 fully saturated rings. The van der Waals surface area contributed by atoms with Gasteiger partial charge in [0.1, 0.15) is 5.41 Å². The number of nitrogens with two attached hydrogens (primary N) is 1. The number of likely N-dealkylation sites (tertiary alicyclic amines) is 1. The Bertz CT molecular complexity index is 667. The van der Waals surface area contributed by atoms with Gasteiger partial charge in [-0.05, 0) is 42.7 Å². The zero-order valence-electron chi connectivity index (χ0n) is 16.0. The van der Waals surface area contributed by atoms with Gasteiger partial charge in [0.05, 0.1) is 5.69 Å². The fraction of sp³-hybridized carbons (Fsp3) is 0.650. The second-order valence-electron chi connectivity index (χ2n) is 8.14. The summed E-state index contributed by atoms with van der Waals surface area (Å²) < 4.78 is 0. The summed E-state index contributed by atoms with van der Waals surface area (Å²) in [4.78, 5) is 31.1. The molecule has 0 aromatic carbocycles. The van der Waals surface area contributed by atoms with E-state index in [1.165, 1.54) is 5.56 Å². The number of amides is 2. The van der Waals surface area contributed by atoms with Crippen LogP contribution < -0.4 is 11.1 Å². The number of hydrogen-bond donors (Lipinski definition) is 2. The Balaban J connectivity index is 1.64. The second kappa shape index (κ2) is 7.35. The van der Waals surface area contributed by atoms with E-state index >= 15 is 0 Å². The van der Waals surface area contributed by atoms with E-state index < -0.39 is 11.3 Å². The van der Waals surface area contributed by atoms with Crippen LogP contribution in [-0.4, -0.2) is 40.8 Å². The smallest absolute Gasteiger partial charge is 0.235 e. The molecule has 1 saturated carbocycles. The van der Waals surface area contributed by atoms with Crippen molar-refractivity contribution < 1.29 is 9.59 Å². The van der Waals surface area contributed by atoms with Gasteiger partial charge in [-0.1, -0.05) is 26.8 Å². The second-order valence-corrected chi connectivity index (χ2v) is 8.14. The molecule has 1 aromatic heterocycles. The van der Waals surface area contributed by atoms with Crippen molar-refractivity contribution in [3.05, 3.63) is 29.6 Å². The van der Waals surface area contributed by atoms with Crippen molar-refractivity contribution >= 4 is 11.8 Å². The molecule has 142 valence electrons. The minimum Gasteiger partial charge on any atom is -0.369 e. The van der Waals surface area contributed by atoms with Crippen LogP contribution in [-0.2, 0) is 22.6 Å². The topological polar surface area (TPSA) is 88.3 Å². The quantitative estimate of drug-likeness (QED) is 0.723. The first-order valence-electron chi connectivity index (χ1n) is 9.62. The fourth-order valence-electron chi connectivity index (χ4n) is 3.87. The highest BCUT2D eigenvalue weighted by Crippen LogP contribution is 2.45. The van der Waals surface area contributed by atoms with Crippen LogP contribution in [0.5, 0.6) is 0 Å². The van der Waals surface area contributed by atoms with Gasteiger partial charge in [0.2, 0.25) is 11.8 Å². The maximum atomic E-state index is 12.6. The lowest BCUT2D eigenvalue weighted by Gasteiger charge is -2.24. The molecule has 1 saturated heterocycles. The molecule has 6 nitrogen and oxygen atoms in total. The highest BCUT2D eigenvalue weighted by atomic mass is 16.2. The summed E-state index contributed by atoms with van der Waals surface area (Å²) in [5, 5.41) is 3.13. The van der Waals surface area contributed by atoms with Crippen LogP contribution in [0.3, 0.4) is 0 Å². The summed E-state index contributed by atoms with van der Waals surface area (Å²) in [5.41, 5.74) is 6.77. The summed E-state index contributed by atoms with van der Waals surface area (Å²) in [6.45, 7) is 8.96. The minimum absolute atomic E-state index is 0.0502. The SMILES string of the molecule is CCc1ccc(CN2C[C@@H](NC(=O)C3(C(N)=O)CC3)[C@H](C(C)C)C2)nc1. The van der Waals surface area contributed by atoms with E-state index in [2.05, 4.69) is 48.1 Å². The molecule has 1 aromatic rings. The van der Waals surface area contributed by atoms with Gasteiger partial charge in [-0.3, -0.25) is 19.5 Å². The number of carbonyl (C=O) groups excluding carboxylic acids is 2. The van der Waals surface area contributed by atoms with E-state index in [0.29, 0.717) is 24.7 Å². The third-order valence-electron chi connectivity index (χ3n) is 5.95. The number of aromatic nitrogens is 1. The van der Waals surface area contributed by atoms with Crippen LogP contribution in [0.15, 0.2) is 18.3 Å². The van der Waals surface area contributed by atoms with E-state index in [1.54, 1.807) is 0 Å². The average molecular weight is 358 g/mol. The van der Waals surface area contributed by atoms with Crippen LogP contribution in [0.25, 0.3) is 0 Å². The molecule has 2 heterocycles. The molecule has 1 aliphatic carbocycles. The first-order valence-corrected chi connectivity index (χ1v) is 9.62. The maximum Gasteiger partial charge on any atom is 0.235 e. The number of nitrogens with zero attached hydrogens (tertiary/aromatic N) is 2. The summed E-state index contributed by atoms with van der Waals surface area (Å²) in [5.74, 6) is 0.126. The van der Waals surface area contributed by atoms with Crippen LogP contribution >= 0.6 is 0 Å². The Morgan fingerprint density at radius 3 is 2.58 bits per heavy atom. The molecule has 26 heavy (non-hydrogen) atoms. The molecule has 0 bridgehead atoms. The van der Waals surface area contributed by atoms with E-state index in [-0.39, 0.29) is 11.9 Å². The minimum atomic E-state index is -0.952. The van der Waals surface area contributed by atoms with Crippen molar-refractivity contribution in [3.63, 3.8) is 0 Å². The Morgan fingerprint density at radius 2 is 2.08 bits per heavy atom. The van der Waals surface area contributed by atoms with E-state index in [4.69, 9.17) is 5.73 Å². The highest BCUT2D eigenvalue weighted by molar-refractivity contribution is 6.07. The van der Waals surface area contributed by atoms with E-state index in [1.807, 2.05) is 6.20 Å². The molecular weight excluding hydrogens is 328 g/mol. The van der Waals surface area contributed by atoms with Gasteiger partial charge in [-0.15, -0.1) is 0 Å². The number of aryl methyl sites for hydroxylation is 1. The van der Waals surface area contributed by atoms with Gasteiger partial charge in [0.25, 0.3) is 0 Å². The molecular formula is C20H30N4O2. The molecule has 3 N–H and O–H groups in total. The lowest BCUT2D eigenvalue weighted by molar-refractivity contribution is -0.136. The van der Waals surface area contributed by atoms with Crippen LogP contribution in [0.2, 0.25) is 0 Å². The first kappa shape index (κ1) is 18.8. The van der Waals surface area contributed by atoms with Crippen molar-refractivity contribution in [1.82, 2.24) is 15.2 Å². The first-order chi connectivity index (χ1) is 12.4. The fourth-order valence-corrected chi connectivity index (χ4v) is 3.87. The average Bonchev–Trinajstić information content (AvgIpc) is 3.33. The van der Waals surface area contributed by atoms with Crippen LogP contribution in [0, 0.1) is 17.3 Å².